The molecule has 1 aliphatic heterocycles. The van der Waals surface area contributed by atoms with Crippen LogP contribution in [0.5, 0.6) is 0 Å². The highest BCUT2D eigenvalue weighted by Gasteiger charge is 2.23. The van der Waals surface area contributed by atoms with E-state index in [9.17, 15) is 4.79 Å². The van der Waals surface area contributed by atoms with Crippen LogP contribution in [-0.2, 0) is 6.54 Å². The highest BCUT2D eigenvalue weighted by Crippen LogP contribution is 2.20. The van der Waals surface area contributed by atoms with Crippen molar-refractivity contribution in [2.75, 3.05) is 25.0 Å². The molecule has 0 aliphatic carbocycles. The lowest BCUT2D eigenvalue weighted by Crippen LogP contribution is -2.34. The first kappa shape index (κ1) is 17.7. The van der Waals surface area contributed by atoms with Gasteiger partial charge >= 0.3 is 6.03 Å². The van der Waals surface area contributed by atoms with E-state index in [1.807, 2.05) is 0 Å². The molecule has 1 atom stereocenters. The first-order chi connectivity index (χ1) is 12.1. The van der Waals surface area contributed by atoms with Crippen LogP contribution < -0.4 is 10.6 Å². The highest BCUT2D eigenvalue weighted by atomic mass is 35.5. The Hall–Kier alpha value is -2.11. The molecule has 0 radical (unpaired) electrons. The van der Waals surface area contributed by atoms with E-state index in [-0.39, 0.29) is 6.03 Å². The monoisotopic (exact) mass is 358 g/mol. The van der Waals surface area contributed by atoms with E-state index in [1.165, 1.54) is 11.1 Å². The Labute approximate surface area is 153 Å². The van der Waals surface area contributed by atoms with Crippen molar-refractivity contribution in [1.82, 2.24) is 15.2 Å². The maximum Gasteiger partial charge on any atom is 0.319 e. The molecule has 0 bridgehead atoms. The maximum atomic E-state index is 12.0. The second-order valence-electron chi connectivity index (χ2n) is 6.49. The van der Waals surface area contributed by atoms with Crippen LogP contribution in [0.2, 0.25) is 5.15 Å². The quantitative estimate of drug-likeness (QED) is 0.801. The number of hydrogen-bond donors (Lipinski definition) is 2. The summed E-state index contributed by atoms with van der Waals surface area (Å²) in [6, 6.07) is 11.7. The zero-order valence-electron chi connectivity index (χ0n) is 14.3. The lowest BCUT2D eigenvalue weighted by Gasteiger charge is -2.18. The van der Waals surface area contributed by atoms with Crippen LogP contribution in [0.1, 0.15) is 17.5 Å². The zero-order chi connectivity index (χ0) is 17.6. The molecular weight excluding hydrogens is 336 g/mol. The summed E-state index contributed by atoms with van der Waals surface area (Å²) in [7, 11) is 0. The fourth-order valence-electron chi connectivity index (χ4n) is 3.13. The first-order valence-corrected chi connectivity index (χ1v) is 8.92. The maximum absolute atomic E-state index is 12.0. The standard InChI is InChI=1S/C19H23ClN4O/c1-14-5-2-3-6-16(14)13-24-10-8-15(12-24)11-22-19(25)23-17-7-4-9-21-18(17)20/h2-7,9,15H,8,10-13H2,1H3,(H2,22,23,25)/t15-/m1/s1. The van der Waals surface area contributed by atoms with Gasteiger partial charge in [-0.1, -0.05) is 35.9 Å². The number of nitrogens with zero attached hydrogens (tertiary/aromatic N) is 2. The van der Waals surface area contributed by atoms with Crippen LogP contribution in [0, 0.1) is 12.8 Å². The average molecular weight is 359 g/mol. The summed E-state index contributed by atoms with van der Waals surface area (Å²) in [6.45, 7) is 5.85. The topological polar surface area (TPSA) is 57.3 Å². The van der Waals surface area contributed by atoms with E-state index in [0.29, 0.717) is 23.3 Å². The molecular formula is C19H23ClN4O. The zero-order valence-corrected chi connectivity index (χ0v) is 15.1. The Balaban J connectivity index is 1.43. The summed E-state index contributed by atoms with van der Waals surface area (Å²) in [6.07, 6.45) is 2.69. The third-order valence-electron chi connectivity index (χ3n) is 4.58. The van der Waals surface area contributed by atoms with Crippen molar-refractivity contribution < 1.29 is 4.79 Å². The van der Waals surface area contributed by atoms with Gasteiger partial charge in [0.2, 0.25) is 0 Å². The molecule has 132 valence electrons. The molecule has 1 aliphatic rings. The van der Waals surface area contributed by atoms with Gasteiger partial charge < -0.3 is 10.6 Å². The number of rotatable bonds is 5. The van der Waals surface area contributed by atoms with Crippen LogP contribution in [0.3, 0.4) is 0 Å². The Bertz CT molecular complexity index is 737. The van der Waals surface area contributed by atoms with Crippen LogP contribution >= 0.6 is 11.6 Å². The fraction of sp³-hybridized carbons (Fsp3) is 0.368. The number of halogens is 1. The van der Waals surface area contributed by atoms with Crippen molar-refractivity contribution >= 4 is 23.3 Å². The molecule has 3 rings (SSSR count). The van der Waals surface area contributed by atoms with Gasteiger partial charge in [-0.15, -0.1) is 0 Å². The third kappa shape index (κ3) is 4.94. The molecule has 0 spiro atoms. The molecule has 2 amide bonds. The normalized spacial score (nSPS) is 17.4. The minimum absolute atomic E-state index is 0.243. The highest BCUT2D eigenvalue weighted by molar-refractivity contribution is 6.32. The van der Waals surface area contributed by atoms with Gasteiger partial charge in [0, 0.05) is 25.8 Å². The number of hydrogen-bond acceptors (Lipinski definition) is 3. The van der Waals surface area contributed by atoms with E-state index in [0.717, 1.165) is 26.1 Å². The lowest BCUT2D eigenvalue weighted by atomic mass is 10.1. The second kappa shape index (κ2) is 8.32. The number of urea groups is 1. The molecule has 5 nitrogen and oxygen atoms in total. The predicted octanol–water partition coefficient (Wildman–Crippen LogP) is 3.69. The summed E-state index contributed by atoms with van der Waals surface area (Å²) >= 11 is 5.94. The number of anilines is 1. The number of carbonyl (C=O) groups is 1. The van der Waals surface area contributed by atoms with E-state index in [4.69, 9.17) is 11.6 Å². The summed E-state index contributed by atoms with van der Waals surface area (Å²) in [5.41, 5.74) is 3.23. The van der Waals surface area contributed by atoms with Crippen LogP contribution in [-0.4, -0.2) is 35.5 Å². The molecule has 1 aromatic carbocycles. The summed E-state index contributed by atoms with van der Waals surface area (Å²) in [4.78, 5) is 18.4. The fourth-order valence-corrected chi connectivity index (χ4v) is 3.30. The molecule has 25 heavy (non-hydrogen) atoms. The number of amides is 2. The van der Waals surface area contributed by atoms with E-state index < -0.39 is 0 Å². The second-order valence-corrected chi connectivity index (χ2v) is 6.85. The van der Waals surface area contributed by atoms with Crippen LogP contribution in [0.25, 0.3) is 0 Å². The smallest absolute Gasteiger partial charge is 0.319 e. The molecule has 2 aromatic rings. The van der Waals surface area contributed by atoms with Gasteiger partial charge in [-0.05, 0) is 49.1 Å². The van der Waals surface area contributed by atoms with Crippen molar-refractivity contribution in [1.29, 1.82) is 0 Å². The van der Waals surface area contributed by atoms with Crippen molar-refractivity contribution in [3.05, 3.63) is 58.9 Å². The lowest BCUT2D eigenvalue weighted by molar-refractivity contribution is 0.249. The molecule has 0 saturated carbocycles. The number of carbonyl (C=O) groups excluding carboxylic acids is 1. The van der Waals surface area contributed by atoms with Crippen LogP contribution in [0.15, 0.2) is 42.6 Å². The predicted molar refractivity (Wildman–Crippen MR) is 101 cm³/mol. The molecule has 2 heterocycles. The van der Waals surface area contributed by atoms with E-state index >= 15 is 0 Å². The van der Waals surface area contributed by atoms with Crippen molar-refractivity contribution in [2.24, 2.45) is 5.92 Å². The van der Waals surface area contributed by atoms with Gasteiger partial charge in [0.25, 0.3) is 0 Å². The van der Waals surface area contributed by atoms with Crippen molar-refractivity contribution in [3.63, 3.8) is 0 Å². The van der Waals surface area contributed by atoms with Gasteiger partial charge in [0.05, 0.1) is 5.69 Å². The molecule has 1 fully saturated rings. The average Bonchev–Trinajstić information content (AvgIpc) is 3.05. The Morgan fingerprint density at radius 1 is 1.32 bits per heavy atom. The number of pyridine rings is 1. The number of benzene rings is 1. The summed E-state index contributed by atoms with van der Waals surface area (Å²) < 4.78 is 0. The molecule has 1 saturated heterocycles. The van der Waals surface area contributed by atoms with E-state index in [1.54, 1.807) is 18.3 Å². The van der Waals surface area contributed by atoms with Gasteiger partial charge in [-0.3, -0.25) is 4.90 Å². The Morgan fingerprint density at radius 2 is 2.16 bits per heavy atom. The first-order valence-electron chi connectivity index (χ1n) is 8.54. The number of aryl methyl sites for hydroxylation is 1. The Kier molecular flexibility index (Phi) is 5.89. The Morgan fingerprint density at radius 3 is 2.96 bits per heavy atom. The number of nitrogens with one attached hydrogen (secondary N) is 2. The molecule has 2 N–H and O–H groups in total. The summed E-state index contributed by atoms with van der Waals surface area (Å²) in [5.74, 6) is 0.471. The van der Waals surface area contributed by atoms with Gasteiger partial charge in [0.15, 0.2) is 5.15 Å². The van der Waals surface area contributed by atoms with Gasteiger partial charge in [-0.2, -0.15) is 0 Å². The third-order valence-corrected chi connectivity index (χ3v) is 4.88. The number of likely N-dealkylation sites (tertiary alicyclic amines) is 1. The van der Waals surface area contributed by atoms with Crippen molar-refractivity contribution in [3.8, 4) is 0 Å². The minimum atomic E-state index is -0.243. The van der Waals surface area contributed by atoms with Gasteiger partial charge in [0.1, 0.15) is 0 Å². The summed E-state index contributed by atoms with van der Waals surface area (Å²) in [5, 5.41) is 5.96. The van der Waals surface area contributed by atoms with Gasteiger partial charge in [-0.25, -0.2) is 9.78 Å². The molecule has 6 heteroatoms. The molecule has 1 aromatic heterocycles. The van der Waals surface area contributed by atoms with Crippen molar-refractivity contribution in [2.45, 2.75) is 19.9 Å². The number of aromatic nitrogens is 1. The molecule has 0 unspecified atom stereocenters. The largest absolute Gasteiger partial charge is 0.338 e. The van der Waals surface area contributed by atoms with E-state index in [2.05, 4.69) is 51.7 Å². The van der Waals surface area contributed by atoms with Crippen LogP contribution in [0.4, 0.5) is 10.5 Å². The SMILES string of the molecule is Cc1ccccc1CN1CC[C@H](CNC(=O)Nc2cccnc2Cl)C1. The minimum Gasteiger partial charge on any atom is -0.338 e.